The summed E-state index contributed by atoms with van der Waals surface area (Å²) in [6.45, 7) is 13.4. The van der Waals surface area contributed by atoms with Gasteiger partial charge in [0, 0.05) is 65.0 Å². The quantitative estimate of drug-likeness (QED) is 0.0335. The molecule has 0 radical (unpaired) electrons. The molecule has 0 saturated heterocycles. The zero-order chi connectivity index (χ0) is 36.5. The highest BCUT2D eigenvalue weighted by atomic mass is 16.2. The summed E-state index contributed by atoms with van der Waals surface area (Å²) in [6.07, 6.45) is 15.3. The Bertz CT molecular complexity index is 858. The number of nitrogens with zero attached hydrogens (tertiary/aromatic N) is 2. The van der Waals surface area contributed by atoms with Crippen molar-refractivity contribution in [1.82, 2.24) is 26.2 Å². The van der Waals surface area contributed by atoms with Crippen molar-refractivity contribution in [3.05, 3.63) is 0 Å². The van der Waals surface area contributed by atoms with Gasteiger partial charge >= 0.3 is 0 Å². The standard InChI is InChI=1S/C37H74N8O4/c1-5-9-15-31(7-3)17-19-33(46)42-27-13-29-45(30-14-28-43-34(47)20-18-32(8-4)16-10-6-2)36(49)22-21-35(48)41-25-11-23-40-24-12-26-44-37(38)39/h31-32,40H,5-30H2,1-4H3,(H,41,48)(H,42,46)(H,43,47)(H4,38,39,44). The van der Waals surface area contributed by atoms with E-state index in [0.717, 1.165) is 51.6 Å². The van der Waals surface area contributed by atoms with Gasteiger partial charge in [-0.15, -0.1) is 0 Å². The number of nitrogens with two attached hydrogens (primary N) is 2. The molecule has 0 aromatic carbocycles. The first kappa shape index (κ1) is 46.1. The van der Waals surface area contributed by atoms with Crippen molar-refractivity contribution in [2.45, 2.75) is 143 Å². The highest BCUT2D eigenvalue weighted by molar-refractivity contribution is 5.83. The molecule has 4 amide bonds. The van der Waals surface area contributed by atoms with Gasteiger partial charge in [-0.1, -0.05) is 79.1 Å². The maximum atomic E-state index is 13.2. The van der Waals surface area contributed by atoms with E-state index in [1.54, 1.807) is 4.90 Å². The van der Waals surface area contributed by atoms with Gasteiger partial charge in [-0.05, 0) is 63.5 Å². The topological polar surface area (TPSA) is 184 Å². The number of nitrogens with one attached hydrogen (secondary N) is 4. The summed E-state index contributed by atoms with van der Waals surface area (Å²) in [5, 5.41) is 12.2. The third-order valence-corrected chi connectivity index (χ3v) is 9.08. The summed E-state index contributed by atoms with van der Waals surface area (Å²) in [7, 11) is 0. The second kappa shape index (κ2) is 32.3. The first-order chi connectivity index (χ1) is 23.7. The first-order valence-electron chi connectivity index (χ1n) is 19.5. The molecule has 0 aromatic heterocycles. The van der Waals surface area contributed by atoms with Gasteiger partial charge in [0.15, 0.2) is 5.96 Å². The van der Waals surface area contributed by atoms with Crippen molar-refractivity contribution >= 4 is 29.6 Å². The fourth-order valence-corrected chi connectivity index (χ4v) is 5.74. The van der Waals surface area contributed by atoms with Crippen molar-refractivity contribution in [2.24, 2.45) is 28.3 Å². The van der Waals surface area contributed by atoms with Crippen LogP contribution in [0.4, 0.5) is 0 Å². The number of carbonyl (C=O) groups excluding carboxylic acids is 4. The van der Waals surface area contributed by atoms with E-state index in [9.17, 15) is 19.2 Å². The maximum absolute atomic E-state index is 13.2. The maximum Gasteiger partial charge on any atom is 0.223 e. The van der Waals surface area contributed by atoms with E-state index in [0.29, 0.717) is 76.8 Å². The molecule has 49 heavy (non-hydrogen) atoms. The Kier molecular flexibility index (Phi) is 30.4. The summed E-state index contributed by atoms with van der Waals surface area (Å²) >= 11 is 0. The van der Waals surface area contributed by atoms with E-state index in [2.05, 4.69) is 54.0 Å². The Morgan fingerprint density at radius 3 is 1.51 bits per heavy atom. The fraction of sp³-hybridized carbons (Fsp3) is 0.865. The van der Waals surface area contributed by atoms with Crippen molar-refractivity contribution in [3.63, 3.8) is 0 Å². The average Bonchev–Trinajstić information content (AvgIpc) is 3.09. The Balaban J connectivity index is 4.66. The van der Waals surface area contributed by atoms with Gasteiger partial charge in [-0.25, -0.2) is 0 Å². The summed E-state index contributed by atoms with van der Waals surface area (Å²) < 4.78 is 0. The molecule has 0 fully saturated rings. The SMILES string of the molecule is CCCCC(CC)CCC(=O)NCCCN(CCCNC(=O)CCC(CC)CCCC)C(=O)CCC(=O)NCCCNCCCN=C(N)N. The van der Waals surface area contributed by atoms with Crippen LogP contribution in [-0.4, -0.2) is 86.8 Å². The van der Waals surface area contributed by atoms with Gasteiger partial charge in [0.2, 0.25) is 23.6 Å². The van der Waals surface area contributed by atoms with E-state index in [1.165, 1.54) is 38.5 Å². The molecule has 12 heteroatoms. The van der Waals surface area contributed by atoms with Crippen molar-refractivity contribution in [3.8, 4) is 0 Å². The molecular formula is C37H74N8O4. The fourth-order valence-electron chi connectivity index (χ4n) is 5.74. The van der Waals surface area contributed by atoms with E-state index in [1.807, 2.05) is 0 Å². The Morgan fingerprint density at radius 1 is 0.571 bits per heavy atom. The monoisotopic (exact) mass is 695 g/mol. The third-order valence-electron chi connectivity index (χ3n) is 9.08. The minimum absolute atomic E-state index is 0.0633. The number of unbranched alkanes of at least 4 members (excludes halogenated alkanes) is 2. The first-order valence-corrected chi connectivity index (χ1v) is 19.5. The number of amides is 4. The lowest BCUT2D eigenvalue weighted by molar-refractivity contribution is -0.133. The van der Waals surface area contributed by atoms with Gasteiger partial charge in [-0.3, -0.25) is 24.2 Å². The Hall–Kier alpha value is -2.89. The lowest BCUT2D eigenvalue weighted by Crippen LogP contribution is -2.37. The van der Waals surface area contributed by atoms with Gasteiger partial charge in [0.05, 0.1) is 0 Å². The molecule has 0 rings (SSSR count). The van der Waals surface area contributed by atoms with Crippen LogP contribution in [-0.2, 0) is 19.2 Å². The van der Waals surface area contributed by atoms with Crippen molar-refractivity contribution < 1.29 is 19.2 Å². The summed E-state index contributed by atoms with van der Waals surface area (Å²) in [4.78, 5) is 56.2. The summed E-state index contributed by atoms with van der Waals surface area (Å²) in [5.41, 5.74) is 10.6. The second-order valence-electron chi connectivity index (χ2n) is 13.3. The average molecular weight is 695 g/mol. The molecule has 0 aromatic rings. The van der Waals surface area contributed by atoms with Crippen molar-refractivity contribution in [2.75, 3.05) is 52.4 Å². The van der Waals surface area contributed by atoms with E-state index in [4.69, 9.17) is 11.5 Å². The normalized spacial score (nSPS) is 12.2. The van der Waals surface area contributed by atoms with Crippen LogP contribution in [0.25, 0.3) is 0 Å². The number of hydrogen-bond acceptors (Lipinski definition) is 6. The Labute approximate surface area is 298 Å². The van der Waals surface area contributed by atoms with Crippen LogP contribution in [0.3, 0.4) is 0 Å². The molecule has 286 valence electrons. The molecule has 0 aliphatic rings. The predicted octanol–water partition coefficient (Wildman–Crippen LogP) is 4.36. The molecule has 0 bridgehead atoms. The van der Waals surface area contributed by atoms with E-state index >= 15 is 0 Å². The molecule has 0 aliphatic carbocycles. The van der Waals surface area contributed by atoms with Gasteiger partial charge < -0.3 is 37.6 Å². The highest BCUT2D eigenvalue weighted by Crippen LogP contribution is 2.19. The number of guanidine groups is 1. The largest absolute Gasteiger partial charge is 0.370 e. The molecule has 0 aliphatic heterocycles. The van der Waals surface area contributed by atoms with E-state index < -0.39 is 0 Å². The minimum Gasteiger partial charge on any atom is -0.370 e. The lowest BCUT2D eigenvalue weighted by Gasteiger charge is -2.23. The van der Waals surface area contributed by atoms with Crippen LogP contribution in [0.1, 0.15) is 143 Å². The minimum atomic E-state index is -0.144. The molecule has 0 saturated carbocycles. The molecule has 0 heterocycles. The molecule has 8 N–H and O–H groups in total. The predicted molar refractivity (Wildman–Crippen MR) is 202 cm³/mol. The molecular weight excluding hydrogens is 620 g/mol. The number of carbonyl (C=O) groups is 4. The smallest absolute Gasteiger partial charge is 0.223 e. The summed E-state index contributed by atoms with van der Waals surface area (Å²) in [6, 6.07) is 0. The van der Waals surface area contributed by atoms with Gasteiger partial charge in [-0.2, -0.15) is 0 Å². The van der Waals surface area contributed by atoms with E-state index in [-0.39, 0.29) is 42.4 Å². The van der Waals surface area contributed by atoms with Crippen LogP contribution >= 0.6 is 0 Å². The number of aliphatic imine (C=N–C) groups is 1. The summed E-state index contributed by atoms with van der Waals surface area (Å²) in [5.74, 6) is 1.18. The van der Waals surface area contributed by atoms with Crippen molar-refractivity contribution in [1.29, 1.82) is 0 Å². The molecule has 12 nitrogen and oxygen atoms in total. The third kappa shape index (κ3) is 28.6. The number of rotatable bonds is 33. The number of hydrogen-bond donors (Lipinski definition) is 6. The second-order valence-corrected chi connectivity index (χ2v) is 13.3. The van der Waals surface area contributed by atoms with Crippen LogP contribution in [0.5, 0.6) is 0 Å². The molecule has 2 atom stereocenters. The van der Waals surface area contributed by atoms with Gasteiger partial charge in [0.1, 0.15) is 0 Å². The van der Waals surface area contributed by atoms with Crippen LogP contribution in [0.2, 0.25) is 0 Å². The molecule has 0 spiro atoms. The highest BCUT2D eigenvalue weighted by Gasteiger charge is 2.16. The zero-order valence-electron chi connectivity index (χ0n) is 31.7. The van der Waals surface area contributed by atoms with Gasteiger partial charge in [0.25, 0.3) is 0 Å². The zero-order valence-corrected chi connectivity index (χ0v) is 31.7. The van der Waals surface area contributed by atoms with Crippen LogP contribution in [0.15, 0.2) is 4.99 Å². The molecule has 2 unspecified atom stereocenters. The lowest BCUT2D eigenvalue weighted by atomic mass is 9.94. The van der Waals surface area contributed by atoms with Crippen LogP contribution in [0, 0.1) is 11.8 Å². The Morgan fingerprint density at radius 2 is 1.04 bits per heavy atom. The van der Waals surface area contributed by atoms with Crippen LogP contribution < -0.4 is 32.7 Å².